The van der Waals surface area contributed by atoms with E-state index in [1.54, 1.807) is 36.9 Å². The summed E-state index contributed by atoms with van der Waals surface area (Å²) in [5, 5.41) is 18.6. The highest BCUT2D eigenvalue weighted by Gasteiger charge is 2.34. The number of carbonyl (C=O) groups is 2. The van der Waals surface area contributed by atoms with E-state index in [0.29, 0.717) is 60.9 Å². The molecule has 45 heavy (non-hydrogen) atoms. The average molecular weight is 628 g/mol. The standard InChI is InChI=1S/C34H33N3O7S/c1-20-15-24(18-31(21(20)2)45(35,41)42)34(40)37-13-11-22-16-26-7-9-28(22)32(37)23-5-3-6-25(17-23)43-14-4-12-36-33(39)29-19-27(44-26)8-10-30(29)38/h3,5-10,15-19,32,38H,4,11-14H2,1-2H3,(H,36,39)(H2,35,41,42). The first-order chi connectivity index (χ1) is 21.5. The monoisotopic (exact) mass is 627 g/mol. The first-order valence-corrected chi connectivity index (χ1v) is 16.1. The SMILES string of the molecule is Cc1cc(C(=O)N2CCc3cc4ccc3C2c2cccc(c2)OCCCNC(=O)c2cc(ccc2O)O4)cc(S(N)(=O)=O)c1C. The molecule has 0 saturated carbocycles. The van der Waals surface area contributed by atoms with Crippen molar-refractivity contribution in [2.45, 2.75) is 37.6 Å². The van der Waals surface area contributed by atoms with Crippen LogP contribution in [0.1, 0.15) is 61.0 Å². The number of hydrogen-bond acceptors (Lipinski definition) is 7. The molecule has 0 spiro atoms. The number of phenols is 1. The van der Waals surface area contributed by atoms with Gasteiger partial charge in [-0.15, -0.1) is 0 Å². The van der Waals surface area contributed by atoms with Gasteiger partial charge in [-0.2, -0.15) is 0 Å². The van der Waals surface area contributed by atoms with Gasteiger partial charge in [0.2, 0.25) is 10.0 Å². The molecule has 0 aliphatic carbocycles. The molecule has 11 heteroatoms. The van der Waals surface area contributed by atoms with Crippen LogP contribution in [0.25, 0.3) is 0 Å². The summed E-state index contributed by atoms with van der Waals surface area (Å²) in [4.78, 5) is 28.6. The van der Waals surface area contributed by atoms with E-state index in [9.17, 15) is 23.1 Å². The van der Waals surface area contributed by atoms with Crippen LogP contribution < -0.4 is 19.9 Å². The molecular formula is C34H33N3O7S. The maximum Gasteiger partial charge on any atom is 0.255 e. The van der Waals surface area contributed by atoms with Crippen molar-refractivity contribution in [3.63, 3.8) is 0 Å². The lowest BCUT2D eigenvalue weighted by Crippen LogP contribution is -2.40. The quantitative estimate of drug-likeness (QED) is 0.291. The van der Waals surface area contributed by atoms with Crippen molar-refractivity contribution in [1.29, 1.82) is 0 Å². The molecule has 1 atom stereocenters. The van der Waals surface area contributed by atoms with Gasteiger partial charge in [0.15, 0.2) is 0 Å². The summed E-state index contributed by atoms with van der Waals surface area (Å²) in [5.41, 5.74) is 4.18. The van der Waals surface area contributed by atoms with E-state index >= 15 is 0 Å². The second-order valence-corrected chi connectivity index (χ2v) is 12.8. The lowest BCUT2D eigenvalue weighted by molar-refractivity contribution is 0.0693. The van der Waals surface area contributed by atoms with Crippen LogP contribution >= 0.6 is 0 Å². The molecule has 232 valence electrons. The van der Waals surface area contributed by atoms with Crippen LogP contribution in [0.15, 0.2) is 77.7 Å². The van der Waals surface area contributed by atoms with Crippen molar-refractivity contribution in [2.75, 3.05) is 19.7 Å². The van der Waals surface area contributed by atoms with Gasteiger partial charge in [0, 0.05) is 18.7 Å². The molecule has 3 aliphatic rings. The number of phenolic OH excluding ortho intramolecular Hbond substituents is 1. The van der Waals surface area contributed by atoms with Gasteiger partial charge < -0.3 is 24.8 Å². The fraction of sp³-hybridized carbons (Fsp3) is 0.235. The van der Waals surface area contributed by atoms with Crippen LogP contribution in [0.2, 0.25) is 0 Å². The van der Waals surface area contributed by atoms with Gasteiger partial charge in [-0.1, -0.05) is 18.2 Å². The molecule has 3 heterocycles. The summed E-state index contributed by atoms with van der Waals surface area (Å²) in [7, 11) is -4.05. The number of benzene rings is 4. The average Bonchev–Trinajstić information content (AvgIpc) is 3.01. The third-order valence-electron chi connectivity index (χ3n) is 8.27. The minimum Gasteiger partial charge on any atom is -0.507 e. The second kappa shape index (κ2) is 11.9. The lowest BCUT2D eigenvalue weighted by atomic mass is 9.87. The highest BCUT2D eigenvalue weighted by atomic mass is 32.2. The Balaban J connectivity index is 1.45. The molecule has 10 nitrogen and oxygen atoms in total. The molecule has 7 rings (SSSR count). The van der Waals surface area contributed by atoms with E-state index in [-0.39, 0.29) is 27.7 Å². The van der Waals surface area contributed by atoms with E-state index in [1.165, 1.54) is 18.2 Å². The smallest absolute Gasteiger partial charge is 0.255 e. The number of fused-ring (bicyclic) bond motifs is 6. The van der Waals surface area contributed by atoms with Crippen LogP contribution in [0.3, 0.4) is 0 Å². The van der Waals surface area contributed by atoms with E-state index in [0.717, 1.165) is 16.7 Å². The summed E-state index contributed by atoms with van der Waals surface area (Å²) >= 11 is 0. The van der Waals surface area contributed by atoms with E-state index < -0.39 is 22.0 Å². The molecule has 2 amide bonds. The molecule has 0 radical (unpaired) electrons. The van der Waals surface area contributed by atoms with Gasteiger partial charge in [-0.05, 0) is 109 Å². The Morgan fingerprint density at radius 2 is 1.78 bits per heavy atom. The number of nitrogens with one attached hydrogen (secondary N) is 1. The zero-order valence-corrected chi connectivity index (χ0v) is 25.7. The van der Waals surface area contributed by atoms with Gasteiger partial charge >= 0.3 is 0 Å². The minimum absolute atomic E-state index is 0.0706. The Hall–Kier alpha value is -4.87. The second-order valence-electron chi connectivity index (χ2n) is 11.3. The Morgan fingerprint density at radius 3 is 2.58 bits per heavy atom. The first-order valence-electron chi connectivity index (χ1n) is 14.6. The van der Waals surface area contributed by atoms with Crippen LogP contribution in [0, 0.1) is 13.8 Å². The molecule has 0 saturated heterocycles. The first kappa shape index (κ1) is 30.2. The number of rotatable bonds is 2. The Kier molecular flexibility index (Phi) is 7.98. The zero-order chi connectivity index (χ0) is 31.9. The summed E-state index contributed by atoms with van der Waals surface area (Å²) < 4.78 is 36.9. The van der Waals surface area contributed by atoms with E-state index in [1.807, 2.05) is 36.4 Å². The Morgan fingerprint density at radius 1 is 1.00 bits per heavy atom. The minimum atomic E-state index is -4.05. The van der Waals surface area contributed by atoms with Crippen LogP contribution in [-0.4, -0.2) is 49.9 Å². The van der Waals surface area contributed by atoms with Gasteiger partial charge in [0.05, 0.1) is 23.1 Å². The molecule has 0 fully saturated rings. The van der Waals surface area contributed by atoms with Gasteiger partial charge in [0.25, 0.3) is 11.8 Å². The molecule has 4 aromatic rings. The predicted octanol–water partition coefficient (Wildman–Crippen LogP) is 4.75. The number of nitrogens with two attached hydrogens (primary N) is 1. The Bertz CT molecular complexity index is 1940. The molecule has 4 aromatic carbocycles. The molecule has 3 aliphatic heterocycles. The molecule has 8 bridgehead atoms. The normalized spacial score (nSPS) is 16.6. The van der Waals surface area contributed by atoms with Gasteiger partial charge in [-0.3, -0.25) is 9.59 Å². The van der Waals surface area contributed by atoms with Gasteiger partial charge in [-0.25, -0.2) is 13.6 Å². The van der Waals surface area contributed by atoms with Crippen molar-refractivity contribution in [2.24, 2.45) is 5.14 Å². The number of carbonyl (C=O) groups excluding carboxylic acids is 2. The lowest BCUT2D eigenvalue weighted by Gasteiger charge is -2.38. The number of amides is 2. The van der Waals surface area contributed by atoms with Crippen molar-refractivity contribution in [1.82, 2.24) is 10.2 Å². The number of primary sulfonamides is 1. The Labute approximate surface area is 261 Å². The predicted molar refractivity (Wildman–Crippen MR) is 167 cm³/mol. The van der Waals surface area contributed by atoms with E-state index in [2.05, 4.69) is 5.32 Å². The van der Waals surface area contributed by atoms with Gasteiger partial charge in [0.1, 0.15) is 23.0 Å². The number of ether oxygens (including phenoxy) is 2. The number of nitrogens with zero attached hydrogens (tertiary/aromatic N) is 1. The fourth-order valence-corrected chi connectivity index (χ4v) is 6.77. The summed E-state index contributed by atoms with van der Waals surface area (Å²) in [6.45, 7) is 4.43. The topological polar surface area (TPSA) is 148 Å². The van der Waals surface area contributed by atoms with Crippen LogP contribution in [-0.2, 0) is 16.4 Å². The summed E-state index contributed by atoms with van der Waals surface area (Å²) in [5.74, 6) is 0.640. The van der Waals surface area contributed by atoms with Crippen molar-refractivity contribution >= 4 is 21.8 Å². The fourth-order valence-electron chi connectivity index (χ4n) is 5.89. The van der Waals surface area contributed by atoms with Crippen molar-refractivity contribution in [3.05, 3.63) is 112 Å². The van der Waals surface area contributed by atoms with Crippen LogP contribution in [0.4, 0.5) is 0 Å². The molecule has 0 aromatic heterocycles. The number of aryl methyl sites for hydroxylation is 1. The van der Waals surface area contributed by atoms with Crippen molar-refractivity contribution in [3.8, 4) is 23.0 Å². The maximum absolute atomic E-state index is 14.2. The number of aromatic hydroxyl groups is 1. The van der Waals surface area contributed by atoms with Crippen LogP contribution in [0.5, 0.6) is 23.0 Å². The third kappa shape index (κ3) is 6.09. The molecule has 1 unspecified atom stereocenters. The highest BCUT2D eigenvalue weighted by molar-refractivity contribution is 7.89. The molecule has 4 N–H and O–H groups in total. The maximum atomic E-state index is 14.2. The zero-order valence-electron chi connectivity index (χ0n) is 24.9. The van der Waals surface area contributed by atoms with E-state index in [4.69, 9.17) is 14.6 Å². The van der Waals surface area contributed by atoms with Crippen molar-refractivity contribution < 1.29 is 32.6 Å². The third-order valence-corrected chi connectivity index (χ3v) is 9.31. The highest BCUT2D eigenvalue weighted by Crippen LogP contribution is 2.40. The summed E-state index contributed by atoms with van der Waals surface area (Å²) in [6.07, 6.45) is 1.03. The largest absolute Gasteiger partial charge is 0.507 e. The number of hydrogen-bond donors (Lipinski definition) is 3. The molecular weight excluding hydrogens is 594 g/mol. The summed E-state index contributed by atoms with van der Waals surface area (Å²) in [6, 6.07) is 20.2. The number of sulfonamides is 1.